The molecule has 0 aromatic heterocycles. The summed E-state index contributed by atoms with van der Waals surface area (Å²) < 4.78 is 61.0. The van der Waals surface area contributed by atoms with Crippen molar-refractivity contribution in [2.45, 2.75) is 238 Å². The van der Waals surface area contributed by atoms with Gasteiger partial charge in [-0.15, -0.1) is 0 Å². The third-order valence-electron chi connectivity index (χ3n) is 19.6. The van der Waals surface area contributed by atoms with Crippen molar-refractivity contribution in [3.05, 3.63) is 12.2 Å². The summed E-state index contributed by atoms with van der Waals surface area (Å²) in [6.45, 7) is 5.44. The van der Waals surface area contributed by atoms with Gasteiger partial charge in [0, 0.05) is 6.92 Å². The van der Waals surface area contributed by atoms with Crippen molar-refractivity contribution in [3.63, 3.8) is 0 Å². The number of hydrogen-bond acceptors (Lipinski definition) is 28. The molecule has 5 aliphatic heterocycles. The second-order valence-corrected chi connectivity index (χ2v) is 24.3. The zero-order valence-corrected chi connectivity index (χ0v) is 45.2. The van der Waals surface area contributed by atoms with Gasteiger partial charge in [0.25, 0.3) is 0 Å². The van der Waals surface area contributed by atoms with Crippen LogP contribution in [0.5, 0.6) is 0 Å². The molecule has 9 rings (SSSR count). The highest BCUT2D eigenvalue weighted by atomic mass is 16.8. The number of nitrogens with one attached hydrogen (secondary N) is 1. The lowest BCUT2D eigenvalue weighted by atomic mass is 9.41. The van der Waals surface area contributed by atoms with Crippen LogP contribution >= 0.6 is 0 Å². The van der Waals surface area contributed by atoms with Gasteiger partial charge in [-0.1, -0.05) is 19.9 Å². The van der Waals surface area contributed by atoms with Gasteiger partial charge >= 0.3 is 5.97 Å². The Morgan fingerprint density at radius 1 is 0.531 bits per heavy atom. The summed E-state index contributed by atoms with van der Waals surface area (Å²) in [6.07, 6.45) is -37.9. The number of aliphatic hydroxyl groups is 16. The van der Waals surface area contributed by atoms with Crippen LogP contribution in [0, 0.1) is 28.1 Å². The minimum absolute atomic E-state index is 0.0805. The molecule has 464 valence electrons. The van der Waals surface area contributed by atoms with E-state index in [0.29, 0.717) is 63.4 Å². The van der Waals surface area contributed by atoms with Crippen molar-refractivity contribution in [1.29, 1.82) is 0 Å². The largest absolute Gasteiger partial charge is 0.432 e. The lowest BCUT2D eigenvalue weighted by molar-refractivity contribution is -0.400. The molecule has 9 fully saturated rings. The maximum absolute atomic E-state index is 15.0. The maximum atomic E-state index is 15.0. The summed E-state index contributed by atoms with van der Waals surface area (Å²) in [5.41, 5.74) is -2.86. The Morgan fingerprint density at radius 3 is 1.56 bits per heavy atom. The van der Waals surface area contributed by atoms with Crippen LogP contribution in [-0.2, 0) is 57.0 Å². The number of carbonyl (C=O) groups excluding carboxylic acids is 2. The molecule has 5 saturated heterocycles. The van der Waals surface area contributed by atoms with E-state index in [1.165, 1.54) is 0 Å². The molecule has 26 unspecified atom stereocenters. The molecule has 4 saturated carbocycles. The number of fused-ring (bicyclic) bond motifs is 3. The number of aliphatic hydroxyl groups excluding tert-OH is 16. The summed E-state index contributed by atoms with van der Waals surface area (Å²) in [6, 6.07) is -1.49. The van der Waals surface area contributed by atoms with Gasteiger partial charge in [0.1, 0.15) is 116 Å². The van der Waals surface area contributed by atoms with Crippen LogP contribution in [0.15, 0.2) is 12.2 Å². The predicted molar refractivity (Wildman–Crippen MR) is 263 cm³/mol. The predicted octanol–water partition coefficient (Wildman–Crippen LogP) is -7.15. The van der Waals surface area contributed by atoms with Crippen LogP contribution in [-0.4, -0.2) is 286 Å². The van der Waals surface area contributed by atoms with E-state index in [1.54, 1.807) is 6.92 Å². The van der Waals surface area contributed by atoms with Crippen molar-refractivity contribution in [1.82, 2.24) is 5.32 Å². The molecular weight excluding hydrogens is 1090 g/mol. The zero-order valence-electron chi connectivity index (χ0n) is 45.2. The van der Waals surface area contributed by atoms with E-state index in [2.05, 4.69) is 18.8 Å². The number of ether oxygens (including phenoxy) is 10. The third kappa shape index (κ3) is 11.2. The molecule has 29 heteroatoms. The molecule has 29 nitrogen and oxygen atoms in total. The molecule has 2 bridgehead atoms. The van der Waals surface area contributed by atoms with Crippen LogP contribution in [0.2, 0.25) is 0 Å². The van der Waals surface area contributed by atoms with E-state index < -0.39 is 220 Å². The van der Waals surface area contributed by atoms with Crippen LogP contribution < -0.4 is 5.32 Å². The smallest absolute Gasteiger partial charge is 0.314 e. The van der Waals surface area contributed by atoms with Gasteiger partial charge in [0.05, 0.1) is 44.1 Å². The Morgan fingerprint density at radius 2 is 1.00 bits per heavy atom. The minimum atomic E-state index is -2.00. The zero-order chi connectivity index (χ0) is 59.0. The van der Waals surface area contributed by atoms with Crippen LogP contribution in [0.3, 0.4) is 0 Å². The fourth-order valence-corrected chi connectivity index (χ4v) is 15.4. The quantitative estimate of drug-likeness (QED) is 0.0388. The average molecular weight is 1170 g/mol. The Hall–Kier alpha value is -2.32. The van der Waals surface area contributed by atoms with E-state index >= 15 is 4.79 Å². The Kier molecular flexibility index (Phi) is 19.1. The Balaban J connectivity index is 0.971. The first-order valence-electron chi connectivity index (χ1n) is 27.9. The fourth-order valence-electron chi connectivity index (χ4n) is 15.4. The normalized spacial score (nSPS) is 52.8. The second kappa shape index (κ2) is 24.4. The standard InChI is InChI=1S/C52H83NO28/c1-19-12-51-10-6-26-49(3,8-5-9-50(26,4)48(71)80-46-41(37(68)32(63)24(16-57)75-46)78-43-28(53-20(2)59)34(65)29(60)21(13-54)72-43)27(51)7-11-52(19,18-51)81-47-42(79-45-39(70)36(67)31(62)23(15-56)74-45)40(33(64)25(17-58)76-47)77-44-38(69)35(66)30(61)22(14-55)73-44/h21-47,54-58,60-70H,1,5-18H2,2-4H3,(H,53,59)/t21?,22?,23?,24?,25?,26?,27-,28?,29?,30?,31?,32?,33?,34?,35?,36?,37?,38?,39?,40?,41?,42?,43?,44?,45?,46?,47?,49+,50+,51+,52-/m0/s1. The van der Waals surface area contributed by atoms with Crippen molar-refractivity contribution in [3.8, 4) is 0 Å². The summed E-state index contributed by atoms with van der Waals surface area (Å²) in [4.78, 5) is 27.3. The summed E-state index contributed by atoms with van der Waals surface area (Å²) in [7, 11) is 0. The van der Waals surface area contributed by atoms with Gasteiger partial charge in [0.15, 0.2) is 31.3 Å². The van der Waals surface area contributed by atoms with Gasteiger partial charge in [-0.05, 0) is 86.5 Å². The SMILES string of the molecule is C=C1C[C@@]23CCC4[C@](C)(C(=O)OC5OC(CO)C(O)C(O)C5OC5OC(CO)C(O)C(O)C5NC(C)=O)CCC[C@@]4(C)[C@@H]2CC[C@]1(OC1OC(CO)C(O)C(OC2OC(CO)C(O)C(O)C2O)C1OC1OC(CO)C(O)C(O)C1O)C3. The van der Waals surface area contributed by atoms with E-state index in [4.69, 9.17) is 47.4 Å². The number of esters is 1. The van der Waals surface area contributed by atoms with Crippen LogP contribution in [0.25, 0.3) is 0 Å². The van der Waals surface area contributed by atoms with Crippen LogP contribution in [0.1, 0.15) is 78.6 Å². The third-order valence-corrected chi connectivity index (χ3v) is 19.6. The first-order valence-corrected chi connectivity index (χ1v) is 27.9. The Labute approximate surface area is 465 Å². The monoisotopic (exact) mass is 1170 g/mol. The van der Waals surface area contributed by atoms with E-state index in [9.17, 15) is 86.5 Å². The summed E-state index contributed by atoms with van der Waals surface area (Å²) in [5.74, 6) is -1.84. The molecule has 0 aromatic carbocycles. The number of hydrogen-bond donors (Lipinski definition) is 17. The average Bonchev–Trinajstić information content (AvgIpc) is 3.01. The topological polar surface area (TPSA) is 462 Å². The molecule has 31 atom stereocenters. The first kappa shape index (κ1) is 63.2. The van der Waals surface area contributed by atoms with Gasteiger partial charge in [-0.25, -0.2) is 0 Å². The lowest BCUT2D eigenvalue weighted by Crippen LogP contribution is -2.68. The number of rotatable bonds is 16. The molecule has 81 heavy (non-hydrogen) atoms. The van der Waals surface area contributed by atoms with Crippen molar-refractivity contribution in [2.75, 3.05) is 33.0 Å². The molecule has 5 heterocycles. The van der Waals surface area contributed by atoms with Gasteiger partial charge in [0.2, 0.25) is 12.2 Å². The highest BCUT2D eigenvalue weighted by Gasteiger charge is 2.70. The van der Waals surface area contributed by atoms with E-state index in [-0.39, 0.29) is 11.8 Å². The molecule has 0 radical (unpaired) electrons. The summed E-state index contributed by atoms with van der Waals surface area (Å²) in [5, 5.41) is 174. The van der Waals surface area contributed by atoms with Gasteiger partial charge in [-0.2, -0.15) is 0 Å². The molecular formula is C52H83NO28. The first-order chi connectivity index (χ1) is 38.3. The second-order valence-electron chi connectivity index (χ2n) is 24.3. The molecule has 1 spiro atoms. The highest BCUT2D eigenvalue weighted by molar-refractivity contribution is 5.77. The minimum Gasteiger partial charge on any atom is -0.432 e. The van der Waals surface area contributed by atoms with Gasteiger partial charge < -0.3 is 134 Å². The maximum Gasteiger partial charge on any atom is 0.314 e. The van der Waals surface area contributed by atoms with Crippen LogP contribution in [0.4, 0.5) is 0 Å². The Bertz CT molecular complexity index is 2200. The van der Waals surface area contributed by atoms with Crippen molar-refractivity contribution < 1.29 is 139 Å². The number of amides is 1. The molecule has 17 N–H and O–H groups in total. The lowest BCUT2D eigenvalue weighted by Gasteiger charge is -2.64. The van der Waals surface area contributed by atoms with E-state index in [0.717, 1.165) is 6.92 Å². The van der Waals surface area contributed by atoms with Crippen molar-refractivity contribution >= 4 is 11.9 Å². The fraction of sp³-hybridized carbons (Fsp3) is 0.923. The molecule has 9 aliphatic rings. The van der Waals surface area contributed by atoms with Gasteiger partial charge in [-0.3, -0.25) is 9.59 Å². The molecule has 0 aromatic rings. The highest BCUT2D eigenvalue weighted by Crippen LogP contribution is 2.74. The molecule has 1 amide bonds. The van der Waals surface area contributed by atoms with Crippen molar-refractivity contribution in [2.24, 2.45) is 28.1 Å². The van der Waals surface area contributed by atoms with E-state index in [1.807, 2.05) is 0 Å². The number of carbonyl (C=O) groups is 2. The molecule has 4 aliphatic carbocycles. The summed E-state index contributed by atoms with van der Waals surface area (Å²) >= 11 is 0.